The van der Waals surface area contributed by atoms with Crippen molar-refractivity contribution in [1.29, 1.82) is 0 Å². The van der Waals surface area contributed by atoms with Gasteiger partial charge in [-0.1, -0.05) is 0 Å². The molecule has 4 heteroatoms. The third-order valence-corrected chi connectivity index (χ3v) is 2.45. The van der Waals surface area contributed by atoms with Crippen molar-refractivity contribution in [3.05, 3.63) is 30.5 Å². The molecule has 60 valence electrons. The van der Waals surface area contributed by atoms with Crippen LogP contribution in [-0.2, 0) is 9.13 Å². The van der Waals surface area contributed by atoms with Crippen LogP contribution in [0.15, 0.2) is 30.5 Å². The molecule has 0 bridgehead atoms. The van der Waals surface area contributed by atoms with Crippen LogP contribution >= 0.6 is 7.68 Å². The van der Waals surface area contributed by atoms with E-state index in [1.807, 2.05) is 6.07 Å². The Kier molecular flexibility index (Phi) is 1.59. The average Bonchev–Trinajstić information content (AvgIpc) is 2.49. The average molecular weight is 179 g/mol. The van der Waals surface area contributed by atoms with Gasteiger partial charge in [-0.05, 0) is 24.3 Å². The minimum absolute atomic E-state index is 0.358. The third kappa shape index (κ3) is 1.08. The lowest BCUT2D eigenvalue weighted by Gasteiger charge is -1.89. The zero-order valence-corrected chi connectivity index (χ0v) is 7.04. The van der Waals surface area contributed by atoms with E-state index in [0.717, 1.165) is 10.9 Å². The molecule has 2 aromatic rings. The Bertz CT molecular complexity index is 477. The SMILES string of the molecule is O=P(=O)c1ccc2[nH]ccc2c1. The minimum atomic E-state index is -2.46. The molecule has 2 rings (SSSR count). The molecule has 0 aliphatic carbocycles. The first-order chi connectivity index (χ1) is 5.77. The first-order valence-corrected chi connectivity index (χ1v) is 4.66. The summed E-state index contributed by atoms with van der Waals surface area (Å²) in [5.74, 6) is 0. The molecule has 0 saturated heterocycles. The molecule has 0 amide bonds. The van der Waals surface area contributed by atoms with Gasteiger partial charge in [0.1, 0.15) is 0 Å². The van der Waals surface area contributed by atoms with E-state index < -0.39 is 7.68 Å². The van der Waals surface area contributed by atoms with Crippen LogP contribution in [0.3, 0.4) is 0 Å². The standard InChI is InChI=1S/C8H6NO2P/c10-12(11)7-1-2-8-6(5-7)3-4-9-8/h1-5,9H. The number of aromatic amines is 1. The van der Waals surface area contributed by atoms with Gasteiger partial charge in [0.15, 0.2) is 0 Å². The maximum absolute atomic E-state index is 10.6. The topological polar surface area (TPSA) is 49.9 Å². The first kappa shape index (κ1) is 7.32. The Hall–Kier alpha value is -1.34. The second-order valence-corrected chi connectivity index (χ2v) is 3.54. The second-order valence-electron chi connectivity index (χ2n) is 2.51. The highest BCUT2D eigenvalue weighted by Gasteiger charge is 1.99. The summed E-state index contributed by atoms with van der Waals surface area (Å²) >= 11 is 0. The number of rotatable bonds is 1. The van der Waals surface area contributed by atoms with E-state index in [1.54, 1.807) is 24.4 Å². The van der Waals surface area contributed by atoms with Crippen molar-refractivity contribution in [3.63, 3.8) is 0 Å². The fourth-order valence-electron chi connectivity index (χ4n) is 1.15. The van der Waals surface area contributed by atoms with Gasteiger partial charge in [-0.2, -0.15) is 0 Å². The summed E-state index contributed by atoms with van der Waals surface area (Å²) in [6.45, 7) is 0. The number of aromatic nitrogens is 1. The zero-order valence-electron chi connectivity index (χ0n) is 6.15. The Morgan fingerprint density at radius 2 is 2.00 bits per heavy atom. The summed E-state index contributed by atoms with van der Waals surface area (Å²) in [7, 11) is -2.46. The highest BCUT2D eigenvalue weighted by atomic mass is 31.1. The van der Waals surface area contributed by atoms with Crippen LogP contribution in [0.1, 0.15) is 0 Å². The first-order valence-electron chi connectivity index (χ1n) is 3.49. The van der Waals surface area contributed by atoms with E-state index in [0.29, 0.717) is 5.30 Å². The monoisotopic (exact) mass is 179 g/mol. The van der Waals surface area contributed by atoms with Crippen molar-refractivity contribution in [3.8, 4) is 0 Å². The largest absolute Gasteiger partial charge is 0.361 e. The normalized spacial score (nSPS) is 10.3. The smallest absolute Gasteiger partial charge is 0.348 e. The van der Waals surface area contributed by atoms with Crippen molar-refractivity contribution < 1.29 is 9.13 Å². The van der Waals surface area contributed by atoms with Gasteiger partial charge in [0, 0.05) is 17.1 Å². The van der Waals surface area contributed by atoms with Crippen LogP contribution in [0.5, 0.6) is 0 Å². The van der Waals surface area contributed by atoms with Gasteiger partial charge in [-0.15, -0.1) is 0 Å². The molecule has 0 radical (unpaired) electrons. The van der Waals surface area contributed by atoms with Crippen LogP contribution in [0, 0.1) is 0 Å². The van der Waals surface area contributed by atoms with E-state index in [-0.39, 0.29) is 0 Å². The minimum Gasteiger partial charge on any atom is -0.361 e. The van der Waals surface area contributed by atoms with Gasteiger partial charge >= 0.3 is 7.68 Å². The molecule has 1 heterocycles. The molecular weight excluding hydrogens is 173 g/mol. The van der Waals surface area contributed by atoms with E-state index >= 15 is 0 Å². The van der Waals surface area contributed by atoms with Crippen molar-refractivity contribution in [2.24, 2.45) is 0 Å². The molecule has 0 aliphatic heterocycles. The van der Waals surface area contributed by atoms with E-state index in [1.165, 1.54) is 0 Å². The van der Waals surface area contributed by atoms with Gasteiger partial charge in [0.05, 0.1) is 5.30 Å². The van der Waals surface area contributed by atoms with Gasteiger partial charge in [-0.3, -0.25) is 0 Å². The number of H-pyrrole nitrogens is 1. The van der Waals surface area contributed by atoms with Crippen molar-refractivity contribution >= 4 is 23.9 Å². The predicted molar refractivity (Wildman–Crippen MR) is 46.2 cm³/mol. The zero-order chi connectivity index (χ0) is 8.55. The van der Waals surface area contributed by atoms with Crippen molar-refractivity contribution in [2.45, 2.75) is 0 Å². The summed E-state index contributed by atoms with van der Waals surface area (Å²) in [5, 5.41) is 1.28. The van der Waals surface area contributed by atoms with Gasteiger partial charge < -0.3 is 4.98 Å². The molecule has 0 unspecified atom stereocenters. The maximum atomic E-state index is 10.6. The Balaban J connectivity index is 2.76. The molecule has 0 aliphatic rings. The Labute approximate surface area is 69.2 Å². The van der Waals surface area contributed by atoms with Gasteiger partial charge in [0.2, 0.25) is 0 Å². The van der Waals surface area contributed by atoms with Crippen molar-refractivity contribution in [1.82, 2.24) is 4.98 Å². The molecule has 3 nitrogen and oxygen atoms in total. The van der Waals surface area contributed by atoms with E-state index in [9.17, 15) is 9.13 Å². The maximum Gasteiger partial charge on any atom is 0.348 e. The number of hydrogen-bond acceptors (Lipinski definition) is 2. The molecule has 0 spiro atoms. The summed E-state index contributed by atoms with van der Waals surface area (Å²) in [6, 6.07) is 6.84. The van der Waals surface area contributed by atoms with Crippen LogP contribution in [0.25, 0.3) is 10.9 Å². The Morgan fingerprint density at radius 3 is 2.75 bits per heavy atom. The third-order valence-electron chi connectivity index (χ3n) is 1.75. The lowest BCUT2D eigenvalue weighted by molar-refractivity contribution is 0.523. The highest BCUT2D eigenvalue weighted by Crippen LogP contribution is 2.13. The van der Waals surface area contributed by atoms with E-state index in [2.05, 4.69) is 4.98 Å². The van der Waals surface area contributed by atoms with Gasteiger partial charge in [0.25, 0.3) is 0 Å². The lowest BCUT2D eigenvalue weighted by Crippen LogP contribution is -1.89. The molecule has 1 N–H and O–H groups in total. The molecular formula is C8H6NO2P. The van der Waals surface area contributed by atoms with Gasteiger partial charge in [-0.25, -0.2) is 9.13 Å². The summed E-state index contributed by atoms with van der Waals surface area (Å²) < 4.78 is 21.2. The van der Waals surface area contributed by atoms with Crippen LogP contribution in [0.4, 0.5) is 0 Å². The van der Waals surface area contributed by atoms with Crippen LogP contribution in [-0.4, -0.2) is 4.98 Å². The summed E-state index contributed by atoms with van der Waals surface area (Å²) in [4.78, 5) is 2.99. The highest BCUT2D eigenvalue weighted by molar-refractivity contribution is 7.40. The molecule has 1 aromatic carbocycles. The second kappa shape index (κ2) is 2.61. The lowest BCUT2D eigenvalue weighted by atomic mass is 10.2. The molecule has 1 aromatic heterocycles. The molecule has 0 atom stereocenters. The number of fused-ring (bicyclic) bond motifs is 1. The molecule has 0 saturated carbocycles. The Morgan fingerprint density at radius 1 is 1.17 bits per heavy atom. The number of hydrogen-bond donors (Lipinski definition) is 1. The summed E-state index contributed by atoms with van der Waals surface area (Å²) in [6.07, 6.45) is 1.78. The quantitative estimate of drug-likeness (QED) is 0.680. The number of benzene rings is 1. The fraction of sp³-hybridized carbons (Fsp3) is 0. The van der Waals surface area contributed by atoms with Crippen molar-refractivity contribution in [2.75, 3.05) is 0 Å². The molecule has 0 fully saturated rings. The van der Waals surface area contributed by atoms with Crippen LogP contribution < -0.4 is 5.30 Å². The summed E-state index contributed by atoms with van der Waals surface area (Å²) in [5.41, 5.74) is 0.954. The van der Waals surface area contributed by atoms with Crippen LogP contribution in [0.2, 0.25) is 0 Å². The van der Waals surface area contributed by atoms with E-state index in [4.69, 9.17) is 0 Å². The predicted octanol–water partition coefficient (Wildman–Crippen LogP) is 1.97. The molecule has 12 heavy (non-hydrogen) atoms. The number of nitrogens with one attached hydrogen (secondary N) is 1. The fourth-order valence-corrected chi connectivity index (χ4v) is 1.59.